The number of sulfonamides is 1. The van der Waals surface area contributed by atoms with E-state index in [9.17, 15) is 13.2 Å². The molecule has 0 aromatic carbocycles. The molecule has 14 heavy (non-hydrogen) atoms. The van der Waals surface area contributed by atoms with Gasteiger partial charge in [0.1, 0.15) is 0 Å². The van der Waals surface area contributed by atoms with E-state index < -0.39 is 22.0 Å². The Labute approximate surface area is 84.1 Å². The fourth-order valence-electron chi connectivity index (χ4n) is 0.973. The minimum Gasteiger partial charge on any atom is -0.320 e. The van der Waals surface area contributed by atoms with Crippen LogP contribution in [0.3, 0.4) is 0 Å². The van der Waals surface area contributed by atoms with E-state index in [0.29, 0.717) is 12.8 Å². The first-order valence-electron chi connectivity index (χ1n) is 4.65. The Balaban J connectivity index is 2.56. The molecule has 1 atom stereocenters. The van der Waals surface area contributed by atoms with Crippen LogP contribution in [0.15, 0.2) is 0 Å². The van der Waals surface area contributed by atoms with Crippen LogP contribution >= 0.6 is 0 Å². The van der Waals surface area contributed by atoms with Crippen molar-refractivity contribution < 1.29 is 13.2 Å². The highest BCUT2D eigenvalue weighted by atomic mass is 32.2. The Morgan fingerprint density at radius 1 is 1.43 bits per heavy atom. The van der Waals surface area contributed by atoms with Gasteiger partial charge in [0.15, 0.2) is 0 Å². The maximum Gasteiger partial charge on any atom is 0.250 e. The van der Waals surface area contributed by atoms with Gasteiger partial charge in [0.2, 0.25) is 10.0 Å². The van der Waals surface area contributed by atoms with Gasteiger partial charge in [0.25, 0.3) is 5.91 Å². The number of carbonyl (C=O) groups is 1. The van der Waals surface area contributed by atoms with Gasteiger partial charge in [-0.1, -0.05) is 13.8 Å². The fraction of sp³-hybridized carbons (Fsp3) is 0.875. The molecule has 1 saturated carbocycles. The van der Waals surface area contributed by atoms with Crippen molar-refractivity contribution in [2.45, 2.75) is 38.0 Å². The summed E-state index contributed by atoms with van der Waals surface area (Å²) < 4.78 is 24.7. The first-order chi connectivity index (χ1) is 6.34. The number of nitrogens with two attached hydrogens (primary N) is 1. The summed E-state index contributed by atoms with van der Waals surface area (Å²) in [6.45, 7) is 3.54. The van der Waals surface area contributed by atoms with Crippen molar-refractivity contribution in [1.82, 2.24) is 4.72 Å². The van der Waals surface area contributed by atoms with E-state index in [1.807, 2.05) is 4.72 Å². The van der Waals surface area contributed by atoms with Crippen LogP contribution in [0.25, 0.3) is 0 Å². The molecular formula is C8H16N2O3S. The van der Waals surface area contributed by atoms with Gasteiger partial charge in [0, 0.05) is 0 Å². The molecule has 0 aliphatic heterocycles. The highest BCUT2D eigenvalue weighted by molar-refractivity contribution is 7.90. The van der Waals surface area contributed by atoms with E-state index in [-0.39, 0.29) is 11.2 Å². The van der Waals surface area contributed by atoms with Crippen LogP contribution < -0.4 is 10.5 Å². The van der Waals surface area contributed by atoms with E-state index in [2.05, 4.69) is 0 Å². The van der Waals surface area contributed by atoms with Crippen molar-refractivity contribution in [2.75, 3.05) is 0 Å². The lowest BCUT2D eigenvalue weighted by Gasteiger charge is -2.14. The van der Waals surface area contributed by atoms with Gasteiger partial charge >= 0.3 is 0 Å². The van der Waals surface area contributed by atoms with Crippen LogP contribution in [0, 0.1) is 5.92 Å². The normalized spacial score (nSPS) is 19.4. The smallest absolute Gasteiger partial charge is 0.250 e. The largest absolute Gasteiger partial charge is 0.320 e. The Hall–Kier alpha value is -0.620. The molecule has 0 spiro atoms. The molecule has 5 nitrogen and oxygen atoms in total. The molecule has 1 rings (SSSR count). The molecule has 0 radical (unpaired) electrons. The average Bonchev–Trinajstić information content (AvgIpc) is 2.83. The van der Waals surface area contributed by atoms with E-state index in [4.69, 9.17) is 5.73 Å². The molecular weight excluding hydrogens is 204 g/mol. The lowest BCUT2D eigenvalue weighted by Crippen LogP contribution is -2.47. The van der Waals surface area contributed by atoms with Gasteiger partial charge in [0.05, 0.1) is 11.3 Å². The molecule has 1 aliphatic rings. The third kappa shape index (κ3) is 2.68. The molecule has 1 aliphatic carbocycles. The molecule has 1 amide bonds. The van der Waals surface area contributed by atoms with Crippen LogP contribution in [0.2, 0.25) is 0 Å². The highest BCUT2D eigenvalue weighted by Gasteiger charge is 2.37. The molecule has 1 fully saturated rings. The fourth-order valence-corrected chi connectivity index (χ4v) is 2.31. The van der Waals surface area contributed by atoms with E-state index >= 15 is 0 Å². The van der Waals surface area contributed by atoms with Crippen molar-refractivity contribution in [2.24, 2.45) is 11.7 Å². The maximum absolute atomic E-state index is 11.3. The van der Waals surface area contributed by atoms with Crippen LogP contribution in [-0.2, 0) is 14.8 Å². The van der Waals surface area contributed by atoms with Gasteiger partial charge < -0.3 is 5.73 Å². The predicted molar refractivity (Wildman–Crippen MR) is 52.9 cm³/mol. The predicted octanol–water partition coefficient (Wildman–Crippen LogP) is -0.422. The first kappa shape index (κ1) is 11.5. The minimum atomic E-state index is -3.44. The number of carbonyl (C=O) groups excluding carboxylic acids is 1. The minimum absolute atomic E-state index is 0.0654. The van der Waals surface area contributed by atoms with Gasteiger partial charge in [-0.3, -0.25) is 9.52 Å². The summed E-state index contributed by atoms with van der Waals surface area (Å²) in [6, 6.07) is -0.761. The zero-order valence-electron chi connectivity index (χ0n) is 8.36. The first-order valence-corrected chi connectivity index (χ1v) is 6.20. The third-order valence-electron chi connectivity index (χ3n) is 2.23. The zero-order chi connectivity index (χ0) is 10.9. The second kappa shape index (κ2) is 3.86. The molecule has 0 aromatic heterocycles. The second-order valence-corrected chi connectivity index (χ2v) is 5.94. The molecule has 0 heterocycles. The average molecular weight is 220 g/mol. The summed E-state index contributed by atoms with van der Waals surface area (Å²) in [7, 11) is -3.44. The van der Waals surface area contributed by atoms with Crippen LogP contribution in [0.4, 0.5) is 0 Å². The van der Waals surface area contributed by atoms with Gasteiger partial charge in [-0.15, -0.1) is 0 Å². The summed E-state index contributed by atoms with van der Waals surface area (Å²) in [5.74, 6) is -0.670. The SMILES string of the molecule is CC(C)[C@H](N)C(=O)NS(=O)(=O)C1CC1. The Morgan fingerprint density at radius 2 is 1.93 bits per heavy atom. The number of hydrogen-bond acceptors (Lipinski definition) is 4. The second-order valence-electron chi connectivity index (χ2n) is 3.98. The number of nitrogens with one attached hydrogen (secondary N) is 1. The van der Waals surface area contributed by atoms with Gasteiger partial charge in [-0.25, -0.2) is 8.42 Å². The van der Waals surface area contributed by atoms with E-state index in [1.54, 1.807) is 13.8 Å². The summed E-state index contributed by atoms with van der Waals surface area (Å²) in [6.07, 6.45) is 1.28. The molecule has 3 N–H and O–H groups in total. The quantitative estimate of drug-likeness (QED) is 0.673. The van der Waals surface area contributed by atoms with Crippen molar-refractivity contribution >= 4 is 15.9 Å². The number of amides is 1. The molecule has 82 valence electrons. The standard InChI is InChI=1S/C8H16N2O3S/c1-5(2)7(9)8(11)10-14(12,13)6-3-4-6/h5-7H,3-4,9H2,1-2H3,(H,10,11)/t7-/m0/s1. The third-order valence-corrected chi connectivity index (χ3v) is 4.06. The monoisotopic (exact) mass is 220 g/mol. The zero-order valence-corrected chi connectivity index (χ0v) is 9.17. The number of rotatable bonds is 4. The lowest BCUT2D eigenvalue weighted by molar-refractivity contribution is -0.121. The van der Waals surface area contributed by atoms with Crippen LogP contribution in [0.5, 0.6) is 0 Å². The summed E-state index contributed by atoms with van der Waals surface area (Å²) >= 11 is 0. The summed E-state index contributed by atoms with van der Waals surface area (Å²) in [4.78, 5) is 11.3. The summed E-state index contributed by atoms with van der Waals surface area (Å²) in [5.41, 5.74) is 5.51. The number of hydrogen-bond donors (Lipinski definition) is 2. The van der Waals surface area contributed by atoms with Crippen molar-refractivity contribution in [1.29, 1.82) is 0 Å². The topological polar surface area (TPSA) is 89.3 Å². The van der Waals surface area contributed by atoms with Gasteiger partial charge in [-0.2, -0.15) is 0 Å². The molecule has 6 heteroatoms. The Bertz CT molecular complexity index is 319. The van der Waals surface area contributed by atoms with Gasteiger partial charge in [-0.05, 0) is 18.8 Å². The molecule has 0 saturated heterocycles. The lowest BCUT2D eigenvalue weighted by atomic mass is 10.1. The van der Waals surface area contributed by atoms with Crippen LogP contribution in [-0.4, -0.2) is 25.6 Å². The summed E-state index contributed by atoms with van der Waals surface area (Å²) in [5, 5.41) is -0.384. The van der Waals surface area contributed by atoms with Crippen molar-refractivity contribution in [3.63, 3.8) is 0 Å². The highest BCUT2D eigenvalue weighted by Crippen LogP contribution is 2.27. The molecule has 0 bridgehead atoms. The van der Waals surface area contributed by atoms with E-state index in [0.717, 1.165) is 0 Å². The van der Waals surface area contributed by atoms with Crippen molar-refractivity contribution in [3.8, 4) is 0 Å². The molecule has 0 unspecified atom stereocenters. The molecule has 0 aromatic rings. The Morgan fingerprint density at radius 3 is 2.29 bits per heavy atom. The maximum atomic E-state index is 11.3. The van der Waals surface area contributed by atoms with E-state index in [1.165, 1.54) is 0 Å². The van der Waals surface area contributed by atoms with Crippen molar-refractivity contribution in [3.05, 3.63) is 0 Å². The van der Waals surface area contributed by atoms with Crippen LogP contribution in [0.1, 0.15) is 26.7 Å². The Kier molecular flexibility index (Phi) is 3.16.